The van der Waals surface area contributed by atoms with Crippen LogP contribution >= 0.6 is 0 Å². The van der Waals surface area contributed by atoms with Gasteiger partial charge in [0.15, 0.2) is 0 Å². The lowest BCUT2D eigenvalue weighted by molar-refractivity contribution is -0.148. The van der Waals surface area contributed by atoms with Crippen LogP contribution in [0, 0.1) is 0 Å². The summed E-state index contributed by atoms with van der Waals surface area (Å²) in [6.07, 6.45) is 1.25. The molecule has 0 aliphatic carbocycles. The molecule has 0 aromatic rings. The lowest BCUT2D eigenvalue weighted by Crippen LogP contribution is -2.59. The van der Waals surface area contributed by atoms with Gasteiger partial charge in [0, 0.05) is 32.6 Å². The van der Waals surface area contributed by atoms with Crippen molar-refractivity contribution >= 4 is 12.0 Å². The van der Waals surface area contributed by atoms with Crippen LogP contribution in [-0.2, 0) is 9.53 Å². The summed E-state index contributed by atoms with van der Waals surface area (Å²) in [4.78, 5) is 22.9. The van der Waals surface area contributed by atoms with Crippen molar-refractivity contribution in [2.75, 3.05) is 19.8 Å². The number of carbonyl (C=O) groups excluding carboxylic acids is 1. The first-order valence-electron chi connectivity index (χ1n) is 5.98. The van der Waals surface area contributed by atoms with Gasteiger partial charge in [-0.2, -0.15) is 0 Å². The van der Waals surface area contributed by atoms with Gasteiger partial charge in [0.05, 0.1) is 0 Å². The summed E-state index contributed by atoms with van der Waals surface area (Å²) in [7, 11) is 0. The molecular weight excluding hydrogens is 236 g/mol. The molecule has 0 radical (unpaired) electrons. The Morgan fingerprint density at radius 2 is 2.00 bits per heavy atom. The number of hydrogen-bond donors (Lipinski definition) is 3. The average molecular weight is 256 g/mol. The normalized spacial score (nSPS) is 17.8. The number of rotatable bonds is 5. The number of carboxylic acids is 1. The van der Waals surface area contributed by atoms with E-state index in [1.54, 1.807) is 0 Å². The Balaban J connectivity index is 2.48. The summed E-state index contributed by atoms with van der Waals surface area (Å²) in [6, 6.07) is -0.458. The van der Waals surface area contributed by atoms with Crippen molar-refractivity contribution in [3.05, 3.63) is 12.2 Å². The van der Waals surface area contributed by atoms with Crippen LogP contribution in [0.1, 0.15) is 26.2 Å². The van der Waals surface area contributed by atoms with Gasteiger partial charge in [-0.1, -0.05) is 5.57 Å². The molecule has 1 saturated heterocycles. The first-order valence-corrected chi connectivity index (χ1v) is 5.98. The van der Waals surface area contributed by atoms with Crippen LogP contribution in [0.5, 0.6) is 0 Å². The molecule has 0 spiro atoms. The summed E-state index contributed by atoms with van der Waals surface area (Å²) >= 11 is 0. The maximum atomic E-state index is 11.6. The highest BCUT2D eigenvalue weighted by Gasteiger charge is 2.41. The smallest absolute Gasteiger partial charge is 0.329 e. The molecular formula is C12H20N2O4. The maximum absolute atomic E-state index is 11.6. The quantitative estimate of drug-likeness (QED) is 0.637. The van der Waals surface area contributed by atoms with E-state index in [9.17, 15) is 14.7 Å². The molecule has 0 aromatic heterocycles. The largest absolute Gasteiger partial charge is 0.480 e. The second-order valence-electron chi connectivity index (χ2n) is 4.59. The first-order chi connectivity index (χ1) is 8.46. The highest BCUT2D eigenvalue weighted by Crippen LogP contribution is 2.20. The Morgan fingerprint density at radius 3 is 2.50 bits per heavy atom. The summed E-state index contributed by atoms with van der Waals surface area (Å²) in [5, 5.41) is 14.4. The molecule has 1 rings (SSSR count). The Labute approximate surface area is 106 Å². The van der Waals surface area contributed by atoms with Crippen molar-refractivity contribution < 1.29 is 19.4 Å². The zero-order chi connectivity index (χ0) is 13.6. The molecule has 0 unspecified atom stereocenters. The van der Waals surface area contributed by atoms with E-state index in [-0.39, 0.29) is 12.8 Å². The zero-order valence-electron chi connectivity index (χ0n) is 10.6. The number of carbonyl (C=O) groups is 2. The van der Waals surface area contributed by atoms with Gasteiger partial charge in [0.2, 0.25) is 0 Å². The molecule has 6 heteroatoms. The van der Waals surface area contributed by atoms with Crippen LogP contribution in [0.4, 0.5) is 4.79 Å². The number of amides is 2. The third-order valence-electron chi connectivity index (χ3n) is 2.95. The summed E-state index contributed by atoms with van der Waals surface area (Å²) in [5.41, 5.74) is -0.236. The van der Waals surface area contributed by atoms with Crippen molar-refractivity contribution in [1.82, 2.24) is 10.6 Å². The molecule has 1 heterocycles. The molecule has 0 saturated carbocycles. The molecule has 1 aliphatic rings. The van der Waals surface area contributed by atoms with E-state index in [0.29, 0.717) is 26.2 Å². The maximum Gasteiger partial charge on any atom is 0.329 e. The topological polar surface area (TPSA) is 87.7 Å². The fourth-order valence-corrected chi connectivity index (χ4v) is 1.76. The van der Waals surface area contributed by atoms with Gasteiger partial charge in [-0.05, 0) is 13.3 Å². The summed E-state index contributed by atoms with van der Waals surface area (Å²) in [6.45, 7) is 6.74. The van der Waals surface area contributed by atoms with E-state index in [1.807, 2.05) is 6.92 Å². The monoisotopic (exact) mass is 256 g/mol. The highest BCUT2D eigenvalue weighted by atomic mass is 16.5. The van der Waals surface area contributed by atoms with Crippen LogP contribution in [0.25, 0.3) is 0 Å². The Bertz CT molecular complexity index is 335. The van der Waals surface area contributed by atoms with Crippen LogP contribution in [0.2, 0.25) is 0 Å². The second kappa shape index (κ2) is 6.39. The van der Waals surface area contributed by atoms with Gasteiger partial charge < -0.3 is 20.5 Å². The summed E-state index contributed by atoms with van der Waals surface area (Å²) < 4.78 is 5.12. The third-order valence-corrected chi connectivity index (χ3v) is 2.95. The van der Waals surface area contributed by atoms with Crippen LogP contribution in [0.15, 0.2) is 12.2 Å². The number of aliphatic carboxylic acids is 1. The van der Waals surface area contributed by atoms with Gasteiger partial charge in [-0.3, -0.25) is 0 Å². The third kappa shape index (κ3) is 4.03. The lowest BCUT2D eigenvalue weighted by Gasteiger charge is -2.33. The van der Waals surface area contributed by atoms with Crippen molar-refractivity contribution in [1.29, 1.82) is 0 Å². The molecule has 0 aromatic carbocycles. The molecule has 18 heavy (non-hydrogen) atoms. The molecule has 3 N–H and O–H groups in total. The Hall–Kier alpha value is -1.56. The summed E-state index contributed by atoms with van der Waals surface area (Å²) in [5.74, 6) is -1.01. The minimum atomic E-state index is -1.20. The lowest BCUT2D eigenvalue weighted by atomic mass is 9.90. The number of carboxylic acid groups (broad SMARTS) is 1. The predicted molar refractivity (Wildman–Crippen MR) is 66.4 cm³/mol. The minimum absolute atomic E-state index is 0.288. The van der Waals surface area contributed by atoms with Gasteiger partial charge in [-0.15, -0.1) is 6.58 Å². The van der Waals surface area contributed by atoms with E-state index in [2.05, 4.69) is 17.2 Å². The molecule has 0 atom stereocenters. The van der Waals surface area contributed by atoms with Gasteiger partial charge in [0.1, 0.15) is 5.54 Å². The average Bonchev–Trinajstić information content (AvgIpc) is 2.29. The SMILES string of the molecule is C=C(C)CCNC(=O)NC1(C(=O)O)CCOCC1. The zero-order valence-corrected chi connectivity index (χ0v) is 10.6. The fourth-order valence-electron chi connectivity index (χ4n) is 1.76. The molecule has 0 bridgehead atoms. The molecule has 1 aliphatic heterocycles. The number of hydrogen-bond acceptors (Lipinski definition) is 3. The predicted octanol–water partition coefficient (Wildman–Crippen LogP) is 0.886. The van der Waals surface area contributed by atoms with Gasteiger partial charge in [-0.25, -0.2) is 9.59 Å². The molecule has 102 valence electrons. The van der Waals surface area contributed by atoms with Crippen molar-refractivity contribution in [2.45, 2.75) is 31.7 Å². The van der Waals surface area contributed by atoms with Crippen molar-refractivity contribution in [2.24, 2.45) is 0 Å². The highest BCUT2D eigenvalue weighted by molar-refractivity contribution is 5.86. The minimum Gasteiger partial charge on any atom is -0.480 e. The van der Waals surface area contributed by atoms with Gasteiger partial charge in [0.25, 0.3) is 0 Å². The molecule has 2 amide bonds. The Morgan fingerprint density at radius 1 is 1.39 bits per heavy atom. The molecule has 1 fully saturated rings. The van der Waals surface area contributed by atoms with E-state index in [0.717, 1.165) is 5.57 Å². The molecule has 6 nitrogen and oxygen atoms in total. The van der Waals surface area contributed by atoms with Crippen LogP contribution in [-0.4, -0.2) is 42.4 Å². The van der Waals surface area contributed by atoms with E-state index < -0.39 is 17.5 Å². The van der Waals surface area contributed by atoms with E-state index in [4.69, 9.17) is 4.74 Å². The van der Waals surface area contributed by atoms with E-state index in [1.165, 1.54) is 0 Å². The fraction of sp³-hybridized carbons (Fsp3) is 0.667. The standard InChI is InChI=1S/C12H20N2O4/c1-9(2)3-6-13-11(17)14-12(10(15)16)4-7-18-8-5-12/h1,3-8H2,2H3,(H,15,16)(H2,13,14,17). The number of ether oxygens (including phenoxy) is 1. The van der Waals surface area contributed by atoms with Crippen molar-refractivity contribution in [3.63, 3.8) is 0 Å². The Kier molecular flexibility index (Phi) is 5.15. The van der Waals surface area contributed by atoms with Crippen molar-refractivity contribution in [3.8, 4) is 0 Å². The first kappa shape index (κ1) is 14.5. The van der Waals surface area contributed by atoms with E-state index >= 15 is 0 Å². The number of nitrogens with one attached hydrogen (secondary N) is 2. The van der Waals surface area contributed by atoms with Crippen LogP contribution < -0.4 is 10.6 Å². The second-order valence-corrected chi connectivity index (χ2v) is 4.59. The number of urea groups is 1. The van der Waals surface area contributed by atoms with Crippen LogP contribution in [0.3, 0.4) is 0 Å². The van der Waals surface area contributed by atoms with Gasteiger partial charge >= 0.3 is 12.0 Å².